The number of hydrogen-bond donors (Lipinski definition) is 5. The highest BCUT2D eigenvalue weighted by Crippen LogP contribution is 2.56. The number of aliphatic carboxylic acids is 2. The number of carboxylic acid groups (broad SMARTS) is 2. The lowest BCUT2D eigenvalue weighted by Crippen LogP contribution is -2.54. The molecular weight excluding hydrogens is 472 g/mol. The molecule has 178 valence electrons. The van der Waals surface area contributed by atoms with Crippen LogP contribution in [0.3, 0.4) is 0 Å². The third-order valence-electron chi connectivity index (χ3n) is 6.21. The Kier molecular flexibility index (Phi) is 5.00. The van der Waals surface area contributed by atoms with Crippen molar-refractivity contribution in [2.45, 2.75) is 42.1 Å². The fraction of sp³-hybridized carbons (Fsp3) is 0.350. The van der Waals surface area contributed by atoms with Crippen molar-refractivity contribution in [3.8, 4) is 0 Å². The minimum atomic E-state index is -2.67. The number of anilines is 1. The molecule has 1 unspecified atom stereocenters. The van der Waals surface area contributed by atoms with Gasteiger partial charge in [0.1, 0.15) is 23.3 Å². The molecule has 1 saturated carbocycles. The Morgan fingerprint density at radius 2 is 1.91 bits per heavy atom. The lowest BCUT2D eigenvalue weighted by atomic mass is 9.94. The Morgan fingerprint density at radius 1 is 1.24 bits per heavy atom. The quantitative estimate of drug-likeness (QED) is 0.211. The van der Waals surface area contributed by atoms with E-state index < -0.39 is 54.0 Å². The van der Waals surface area contributed by atoms with Gasteiger partial charge in [0.2, 0.25) is 5.28 Å². The Morgan fingerprint density at radius 3 is 2.50 bits per heavy atom. The lowest BCUT2D eigenvalue weighted by molar-refractivity contribution is -0.192. The molecule has 0 spiro atoms. The van der Waals surface area contributed by atoms with E-state index in [1.165, 1.54) is 10.9 Å². The molecule has 14 heteroatoms. The topological polar surface area (TPSA) is 209 Å². The summed E-state index contributed by atoms with van der Waals surface area (Å²) in [5.41, 5.74) is 8.45. The number of hydrogen-bond acceptors (Lipinski definition) is 10. The summed E-state index contributed by atoms with van der Waals surface area (Å²) in [6.07, 6.45) is -2.50. The number of benzene rings is 1. The van der Waals surface area contributed by atoms with Crippen LogP contribution in [0.15, 0.2) is 36.7 Å². The van der Waals surface area contributed by atoms with Crippen molar-refractivity contribution in [1.82, 2.24) is 19.5 Å². The van der Waals surface area contributed by atoms with Gasteiger partial charge in [0.15, 0.2) is 17.7 Å². The summed E-state index contributed by atoms with van der Waals surface area (Å²) in [6.45, 7) is 0. The van der Waals surface area contributed by atoms with E-state index in [4.69, 9.17) is 32.5 Å². The van der Waals surface area contributed by atoms with E-state index in [2.05, 4.69) is 15.0 Å². The van der Waals surface area contributed by atoms with E-state index in [9.17, 15) is 24.9 Å². The van der Waals surface area contributed by atoms with Gasteiger partial charge < -0.3 is 36.3 Å². The van der Waals surface area contributed by atoms with Crippen LogP contribution < -0.4 is 11.5 Å². The predicted molar refractivity (Wildman–Crippen MR) is 115 cm³/mol. The summed E-state index contributed by atoms with van der Waals surface area (Å²) < 4.78 is 12.8. The Labute approximate surface area is 195 Å². The number of aliphatic hydroxyl groups is 1. The van der Waals surface area contributed by atoms with Crippen LogP contribution in [0.4, 0.5) is 5.82 Å². The van der Waals surface area contributed by atoms with Crippen molar-refractivity contribution in [1.29, 1.82) is 0 Å². The number of carboxylic acids is 2. The number of rotatable bonds is 7. The van der Waals surface area contributed by atoms with Gasteiger partial charge in [0.05, 0.1) is 12.4 Å². The van der Waals surface area contributed by atoms with E-state index in [0.717, 1.165) is 0 Å². The van der Waals surface area contributed by atoms with E-state index in [-0.39, 0.29) is 22.3 Å². The van der Waals surface area contributed by atoms with Crippen LogP contribution in [0.2, 0.25) is 5.28 Å². The monoisotopic (exact) mass is 490 g/mol. The van der Waals surface area contributed by atoms with Crippen molar-refractivity contribution >= 4 is 40.5 Å². The van der Waals surface area contributed by atoms with Crippen LogP contribution in [-0.4, -0.2) is 76.2 Å². The maximum atomic E-state index is 12.1. The Hall–Kier alpha value is -3.36. The van der Waals surface area contributed by atoms with Gasteiger partial charge in [0.25, 0.3) is 5.60 Å². The van der Waals surface area contributed by atoms with Crippen molar-refractivity contribution in [2.24, 2.45) is 5.73 Å². The maximum Gasteiger partial charge on any atom is 0.348 e. The van der Waals surface area contributed by atoms with Gasteiger partial charge in [-0.05, 0) is 17.2 Å². The SMILES string of the molecule is Nc1nc(Cl)nc2c1ncn2[C@@H]1O[C@@H]2C(OC(Cc3ccccc3)(C(=O)O)C(=O)O)[C@]2(O)[C@H]1N. The van der Waals surface area contributed by atoms with Crippen LogP contribution in [-0.2, 0) is 25.5 Å². The van der Waals surface area contributed by atoms with Gasteiger partial charge in [-0.2, -0.15) is 9.97 Å². The van der Waals surface area contributed by atoms with E-state index >= 15 is 0 Å². The van der Waals surface area contributed by atoms with Gasteiger partial charge in [-0.15, -0.1) is 0 Å². The van der Waals surface area contributed by atoms with Crippen molar-refractivity contribution in [3.05, 3.63) is 47.5 Å². The fourth-order valence-corrected chi connectivity index (χ4v) is 4.50. The molecule has 3 aromatic rings. The number of ether oxygens (including phenoxy) is 2. The Balaban J connectivity index is 1.42. The second-order valence-electron chi connectivity index (χ2n) is 8.20. The summed E-state index contributed by atoms with van der Waals surface area (Å²) in [5, 5.41) is 30.6. The zero-order chi connectivity index (χ0) is 24.4. The average Bonchev–Trinajstić information content (AvgIpc) is 3.05. The van der Waals surface area contributed by atoms with Crippen molar-refractivity contribution in [3.63, 3.8) is 0 Å². The molecule has 3 heterocycles. The average molecular weight is 491 g/mol. The number of nitrogens with two attached hydrogens (primary N) is 2. The molecule has 34 heavy (non-hydrogen) atoms. The molecule has 1 aliphatic heterocycles. The molecule has 2 aromatic heterocycles. The standard InChI is InChI=1S/C20H19ClN6O7/c21-18-25-13(23)9-14(26-18)27(7-24-9)15-10(22)20(32)11(33-15)12(20)34-19(16(28)29,17(30)31)6-8-4-2-1-3-5-8/h1-5,7,10-12,15,32H,6,22H2,(H,28,29)(H,30,31)(H2,23,25,26)/t10-,11+,12?,15+,20-/m0/s1. The highest BCUT2D eigenvalue weighted by molar-refractivity contribution is 6.28. The van der Waals surface area contributed by atoms with Crippen molar-refractivity contribution < 1.29 is 34.4 Å². The molecule has 1 aliphatic carbocycles. The first kappa shape index (κ1) is 22.4. The molecule has 13 nitrogen and oxygen atoms in total. The van der Waals surface area contributed by atoms with E-state index in [1.807, 2.05) is 0 Å². The van der Waals surface area contributed by atoms with Gasteiger partial charge in [-0.1, -0.05) is 30.3 Å². The normalized spacial score (nSPS) is 28.1. The molecule has 0 bridgehead atoms. The van der Waals surface area contributed by atoms with Gasteiger partial charge in [0, 0.05) is 6.42 Å². The first-order valence-electron chi connectivity index (χ1n) is 10.1. The summed E-state index contributed by atoms with van der Waals surface area (Å²) in [4.78, 5) is 36.2. The maximum absolute atomic E-state index is 12.1. The zero-order valence-electron chi connectivity index (χ0n) is 17.3. The Bertz CT molecular complexity index is 1290. The number of aromatic nitrogens is 4. The highest BCUT2D eigenvalue weighted by atomic mass is 35.5. The van der Waals surface area contributed by atoms with Crippen LogP contribution in [0.5, 0.6) is 0 Å². The highest BCUT2D eigenvalue weighted by Gasteiger charge is 2.79. The number of nitrogen functional groups attached to an aromatic ring is 1. The lowest BCUT2D eigenvalue weighted by Gasteiger charge is -2.29. The van der Waals surface area contributed by atoms with Crippen LogP contribution in [0, 0.1) is 0 Å². The van der Waals surface area contributed by atoms with E-state index in [1.54, 1.807) is 30.3 Å². The molecular formula is C20H19ClN6O7. The van der Waals surface area contributed by atoms with E-state index in [0.29, 0.717) is 5.56 Å². The smallest absolute Gasteiger partial charge is 0.348 e. The van der Waals surface area contributed by atoms with Gasteiger partial charge in [-0.25, -0.2) is 14.6 Å². The summed E-state index contributed by atoms with van der Waals surface area (Å²) in [5.74, 6) is -3.39. The first-order chi connectivity index (χ1) is 16.1. The molecule has 1 saturated heterocycles. The summed E-state index contributed by atoms with van der Waals surface area (Å²) in [7, 11) is 0. The third-order valence-corrected chi connectivity index (χ3v) is 6.38. The van der Waals surface area contributed by atoms with Crippen molar-refractivity contribution in [2.75, 3.05) is 5.73 Å². The molecule has 5 rings (SSSR count). The zero-order valence-corrected chi connectivity index (χ0v) is 18.0. The first-order valence-corrected chi connectivity index (χ1v) is 10.4. The second kappa shape index (κ2) is 7.58. The third kappa shape index (κ3) is 3.13. The number of nitrogens with zero attached hydrogens (tertiary/aromatic N) is 4. The molecule has 0 amide bonds. The number of halogens is 1. The largest absolute Gasteiger partial charge is 0.479 e. The van der Waals surface area contributed by atoms with Gasteiger partial charge in [-0.3, -0.25) is 4.57 Å². The molecule has 2 aliphatic rings. The predicted octanol–water partition coefficient (Wildman–Crippen LogP) is -0.433. The van der Waals surface area contributed by atoms with Crippen LogP contribution >= 0.6 is 11.6 Å². The number of fused-ring (bicyclic) bond motifs is 2. The fourth-order valence-electron chi connectivity index (χ4n) is 4.33. The van der Waals surface area contributed by atoms with Crippen LogP contribution in [0.1, 0.15) is 11.8 Å². The minimum absolute atomic E-state index is 0.0408. The second-order valence-corrected chi connectivity index (χ2v) is 8.54. The molecule has 1 aromatic carbocycles. The molecule has 0 radical (unpaired) electrons. The molecule has 2 fully saturated rings. The summed E-state index contributed by atoms with van der Waals surface area (Å²) >= 11 is 5.89. The van der Waals surface area contributed by atoms with Crippen LogP contribution in [0.25, 0.3) is 11.2 Å². The molecule has 7 N–H and O–H groups in total. The van der Waals surface area contributed by atoms with Gasteiger partial charge >= 0.3 is 11.9 Å². The number of carbonyl (C=O) groups is 2. The molecule has 5 atom stereocenters. The summed E-state index contributed by atoms with van der Waals surface area (Å²) in [6, 6.07) is 7.00. The minimum Gasteiger partial charge on any atom is -0.479 e. The number of imidazole rings is 1.